The predicted octanol–water partition coefficient (Wildman–Crippen LogP) is 3.09. The number of hydrogen-bond acceptors (Lipinski definition) is 4. The van der Waals surface area contributed by atoms with Crippen molar-refractivity contribution in [2.24, 2.45) is 0 Å². The lowest BCUT2D eigenvalue weighted by Gasteiger charge is -2.11. The van der Waals surface area contributed by atoms with E-state index in [0.717, 1.165) is 16.8 Å². The zero-order valence-corrected chi connectivity index (χ0v) is 12.4. The Morgan fingerprint density at radius 2 is 2.00 bits per heavy atom. The van der Waals surface area contributed by atoms with E-state index in [4.69, 9.17) is 0 Å². The van der Waals surface area contributed by atoms with Crippen LogP contribution in [0.1, 0.15) is 11.4 Å². The first kappa shape index (κ1) is 13.8. The molecule has 0 aliphatic heterocycles. The third-order valence-electron chi connectivity index (χ3n) is 3.35. The van der Waals surface area contributed by atoms with Crippen molar-refractivity contribution in [3.63, 3.8) is 0 Å². The molecule has 0 saturated heterocycles. The van der Waals surface area contributed by atoms with Crippen molar-refractivity contribution in [3.8, 4) is 6.07 Å². The summed E-state index contributed by atoms with van der Waals surface area (Å²) in [5.41, 5.74) is 3.98. The number of allylic oxidation sites excluding steroid dienone is 1. The molecule has 0 radical (unpaired) electrons. The predicted molar refractivity (Wildman–Crippen MR) is 88.1 cm³/mol. The lowest BCUT2D eigenvalue weighted by molar-refractivity contribution is 1.13. The van der Waals surface area contributed by atoms with E-state index in [1.807, 2.05) is 61.5 Å². The molecule has 3 rings (SSSR count). The Morgan fingerprint density at radius 1 is 1.23 bits per heavy atom. The molecule has 1 aromatic carbocycles. The lowest BCUT2D eigenvalue weighted by atomic mass is 10.1. The largest absolute Gasteiger partial charge is 0.378 e. The number of nitrogens with one attached hydrogen (secondary N) is 1. The minimum absolute atomic E-state index is 0.482. The number of H-pyrrole nitrogens is 1. The minimum atomic E-state index is 0.482. The fraction of sp³-hybridized carbons (Fsp3) is 0.118. The van der Waals surface area contributed by atoms with Crippen LogP contribution >= 0.6 is 0 Å². The van der Waals surface area contributed by atoms with Gasteiger partial charge in [0.2, 0.25) is 0 Å². The number of hydrogen-bond donors (Lipinski definition) is 1. The Bertz CT molecular complexity index is 833. The maximum Gasteiger partial charge on any atom is 0.178 e. The van der Waals surface area contributed by atoms with Crippen molar-refractivity contribution in [3.05, 3.63) is 54.0 Å². The van der Waals surface area contributed by atoms with Gasteiger partial charge < -0.3 is 9.88 Å². The first-order chi connectivity index (χ1) is 10.7. The van der Waals surface area contributed by atoms with Crippen LogP contribution in [0.25, 0.3) is 22.8 Å². The van der Waals surface area contributed by atoms with Gasteiger partial charge in [-0.1, -0.05) is 12.1 Å². The summed E-state index contributed by atoms with van der Waals surface area (Å²) in [5, 5.41) is 9.40. The van der Waals surface area contributed by atoms with E-state index in [-0.39, 0.29) is 0 Å². The van der Waals surface area contributed by atoms with Gasteiger partial charge in [0.15, 0.2) is 11.5 Å². The van der Waals surface area contributed by atoms with Crippen LogP contribution in [0.15, 0.2) is 42.6 Å². The van der Waals surface area contributed by atoms with E-state index >= 15 is 0 Å². The number of nitrogens with zero attached hydrogens (tertiary/aromatic N) is 4. The maximum absolute atomic E-state index is 9.40. The van der Waals surface area contributed by atoms with Crippen molar-refractivity contribution in [2.75, 3.05) is 19.0 Å². The van der Waals surface area contributed by atoms with E-state index in [9.17, 15) is 5.26 Å². The third-order valence-corrected chi connectivity index (χ3v) is 3.35. The zero-order chi connectivity index (χ0) is 15.5. The second-order valence-corrected chi connectivity index (χ2v) is 5.12. The van der Waals surface area contributed by atoms with Crippen molar-refractivity contribution >= 4 is 28.5 Å². The molecule has 1 N–H and O–H groups in total. The van der Waals surface area contributed by atoms with E-state index in [1.54, 1.807) is 6.20 Å². The Morgan fingerprint density at radius 3 is 2.64 bits per heavy atom. The normalized spacial score (nSPS) is 11.4. The van der Waals surface area contributed by atoms with Crippen LogP contribution in [0.3, 0.4) is 0 Å². The number of fused-ring (bicyclic) bond motifs is 1. The molecule has 5 heteroatoms. The van der Waals surface area contributed by atoms with Gasteiger partial charge in [0, 0.05) is 26.0 Å². The van der Waals surface area contributed by atoms with Crippen molar-refractivity contribution in [2.45, 2.75) is 0 Å². The van der Waals surface area contributed by atoms with Crippen LogP contribution in [0.5, 0.6) is 0 Å². The van der Waals surface area contributed by atoms with Gasteiger partial charge in [-0.15, -0.1) is 0 Å². The summed E-state index contributed by atoms with van der Waals surface area (Å²) >= 11 is 0. The Balaban J connectivity index is 1.97. The molecule has 0 amide bonds. The highest BCUT2D eigenvalue weighted by molar-refractivity contribution is 5.89. The van der Waals surface area contributed by atoms with E-state index in [1.165, 1.54) is 0 Å². The van der Waals surface area contributed by atoms with Gasteiger partial charge in [-0.05, 0) is 35.9 Å². The van der Waals surface area contributed by atoms with Crippen LogP contribution < -0.4 is 4.90 Å². The maximum atomic E-state index is 9.40. The number of pyridine rings is 1. The number of rotatable bonds is 3. The molecule has 22 heavy (non-hydrogen) atoms. The molecule has 5 nitrogen and oxygen atoms in total. The number of imidazole rings is 1. The van der Waals surface area contributed by atoms with E-state index in [2.05, 4.69) is 21.0 Å². The molecule has 0 saturated carbocycles. The molecular weight excluding hydrogens is 274 g/mol. The monoisotopic (exact) mass is 289 g/mol. The summed E-state index contributed by atoms with van der Waals surface area (Å²) in [6, 6.07) is 13.9. The van der Waals surface area contributed by atoms with Crippen molar-refractivity contribution in [1.29, 1.82) is 5.26 Å². The second kappa shape index (κ2) is 5.70. The fourth-order valence-electron chi connectivity index (χ4n) is 2.16. The fourth-order valence-corrected chi connectivity index (χ4v) is 2.16. The highest BCUT2D eigenvalue weighted by Gasteiger charge is 2.08. The number of anilines is 1. The summed E-state index contributed by atoms with van der Waals surface area (Å²) in [5.74, 6) is 0.535. The Hall–Kier alpha value is -3.13. The Labute approximate surface area is 128 Å². The summed E-state index contributed by atoms with van der Waals surface area (Å²) in [6.07, 6.45) is 3.50. The van der Waals surface area contributed by atoms with Gasteiger partial charge in [0.25, 0.3) is 0 Å². The first-order valence-electron chi connectivity index (χ1n) is 6.87. The lowest BCUT2D eigenvalue weighted by Crippen LogP contribution is -2.07. The van der Waals surface area contributed by atoms with Gasteiger partial charge in [0.05, 0.1) is 11.1 Å². The molecule has 0 atom stereocenters. The smallest absolute Gasteiger partial charge is 0.178 e. The minimum Gasteiger partial charge on any atom is -0.378 e. The first-order valence-corrected chi connectivity index (χ1v) is 6.87. The molecule has 0 spiro atoms. The third kappa shape index (κ3) is 2.67. The van der Waals surface area contributed by atoms with Gasteiger partial charge >= 0.3 is 0 Å². The second-order valence-electron chi connectivity index (χ2n) is 5.12. The molecule has 108 valence electrons. The molecule has 3 aromatic rings. The summed E-state index contributed by atoms with van der Waals surface area (Å²) in [6.45, 7) is 0. The van der Waals surface area contributed by atoms with Crippen LogP contribution in [0.4, 0.5) is 5.69 Å². The average molecular weight is 289 g/mol. The summed E-state index contributed by atoms with van der Waals surface area (Å²) < 4.78 is 0. The van der Waals surface area contributed by atoms with Crippen molar-refractivity contribution < 1.29 is 0 Å². The highest BCUT2D eigenvalue weighted by atomic mass is 15.1. The highest BCUT2D eigenvalue weighted by Crippen LogP contribution is 2.19. The average Bonchev–Trinajstić information content (AvgIpc) is 2.96. The summed E-state index contributed by atoms with van der Waals surface area (Å²) in [4.78, 5) is 13.7. The molecule has 2 heterocycles. The van der Waals surface area contributed by atoms with Gasteiger partial charge in [-0.2, -0.15) is 5.26 Å². The van der Waals surface area contributed by atoms with Crippen LogP contribution in [0, 0.1) is 11.3 Å². The standard InChI is InChI=1S/C17H15N5/c1-22(2)14-7-5-12(6-8-14)10-13(11-18)16-20-15-4-3-9-19-17(15)21-16/h3-10H,1-2H3,(H,19,20,21). The molecule has 0 unspecified atom stereocenters. The Kier molecular flexibility index (Phi) is 3.58. The topological polar surface area (TPSA) is 68.6 Å². The van der Waals surface area contributed by atoms with Gasteiger partial charge in [-0.3, -0.25) is 0 Å². The number of aromatic nitrogens is 3. The van der Waals surface area contributed by atoms with Crippen LogP contribution in [0.2, 0.25) is 0 Å². The number of benzene rings is 1. The van der Waals surface area contributed by atoms with Gasteiger partial charge in [0.1, 0.15) is 6.07 Å². The number of nitriles is 1. The summed E-state index contributed by atoms with van der Waals surface area (Å²) in [7, 11) is 3.99. The van der Waals surface area contributed by atoms with Gasteiger partial charge in [-0.25, -0.2) is 9.97 Å². The van der Waals surface area contributed by atoms with Crippen LogP contribution in [-0.4, -0.2) is 29.0 Å². The quantitative estimate of drug-likeness (QED) is 0.752. The molecule has 2 aromatic heterocycles. The molecular formula is C17H15N5. The van der Waals surface area contributed by atoms with E-state index < -0.39 is 0 Å². The van der Waals surface area contributed by atoms with E-state index in [0.29, 0.717) is 17.0 Å². The molecule has 0 aliphatic carbocycles. The van der Waals surface area contributed by atoms with Crippen molar-refractivity contribution in [1.82, 2.24) is 15.0 Å². The molecule has 0 bridgehead atoms. The number of aromatic amines is 1. The SMILES string of the molecule is CN(C)c1ccc(C=C(C#N)c2nc3ncccc3[nH]2)cc1. The van der Waals surface area contributed by atoms with Crippen LogP contribution in [-0.2, 0) is 0 Å². The zero-order valence-electron chi connectivity index (χ0n) is 12.4. The molecule has 0 fully saturated rings. The molecule has 0 aliphatic rings.